The highest BCUT2D eigenvalue weighted by Gasteiger charge is 2.18. The summed E-state index contributed by atoms with van der Waals surface area (Å²) in [6.45, 7) is 2.71. The number of hydrogen-bond acceptors (Lipinski definition) is 8. The molecular formula is C18H14N4O4S. The van der Waals surface area contributed by atoms with Crippen LogP contribution in [0.5, 0.6) is 17.2 Å². The molecule has 0 unspecified atom stereocenters. The smallest absolute Gasteiger partial charge is 0.283 e. The number of nitrogens with zero attached hydrogens (tertiary/aromatic N) is 3. The second-order valence-corrected chi connectivity index (χ2v) is 6.78. The van der Waals surface area contributed by atoms with Gasteiger partial charge in [0.2, 0.25) is 16.9 Å². The fourth-order valence-electron chi connectivity index (χ4n) is 2.87. The van der Waals surface area contributed by atoms with Crippen molar-refractivity contribution in [3.8, 4) is 17.2 Å². The zero-order chi connectivity index (χ0) is 18.4. The molecule has 2 aromatic carbocycles. The van der Waals surface area contributed by atoms with Gasteiger partial charge in [0.05, 0.1) is 17.5 Å². The second kappa shape index (κ2) is 6.13. The molecule has 0 bridgehead atoms. The first-order valence-corrected chi connectivity index (χ1v) is 9.16. The number of aromatic nitrogens is 3. The van der Waals surface area contributed by atoms with Gasteiger partial charge in [-0.25, -0.2) is 4.98 Å². The number of nitrogens with one attached hydrogen (secondary N) is 1. The lowest BCUT2D eigenvalue weighted by molar-refractivity contribution is 0.174. The van der Waals surface area contributed by atoms with E-state index in [4.69, 9.17) is 14.2 Å². The lowest BCUT2D eigenvalue weighted by Crippen LogP contribution is -2.15. The van der Waals surface area contributed by atoms with Gasteiger partial charge in [-0.05, 0) is 37.3 Å². The molecule has 0 amide bonds. The van der Waals surface area contributed by atoms with E-state index in [0.29, 0.717) is 39.1 Å². The Hall–Kier alpha value is -3.33. The lowest BCUT2D eigenvalue weighted by Gasteiger charge is -2.04. The van der Waals surface area contributed by atoms with Gasteiger partial charge in [0.15, 0.2) is 11.5 Å². The van der Waals surface area contributed by atoms with Crippen LogP contribution in [0.1, 0.15) is 6.92 Å². The Bertz CT molecular complexity index is 1220. The fourth-order valence-corrected chi connectivity index (χ4v) is 3.69. The third-order valence-corrected chi connectivity index (χ3v) is 4.93. The quantitative estimate of drug-likeness (QED) is 0.580. The van der Waals surface area contributed by atoms with Gasteiger partial charge >= 0.3 is 0 Å². The summed E-state index contributed by atoms with van der Waals surface area (Å²) in [6, 6.07) is 10.9. The van der Waals surface area contributed by atoms with E-state index >= 15 is 0 Å². The molecule has 136 valence electrons. The molecule has 2 aromatic heterocycles. The largest absolute Gasteiger partial charge is 0.494 e. The van der Waals surface area contributed by atoms with Gasteiger partial charge in [-0.3, -0.25) is 4.79 Å². The van der Waals surface area contributed by atoms with Gasteiger partial charge < -0.3 is 19.5 Å². The predicted molar refractivity (Wildman–Crippen MR) is 102 cm³/mol. The van der Waals surface area contributed by atoms with Crippen LogP contribution in [-0.2, 0) is 0 Å². The van der Waals surface area contributed by atoms with Crippen molar-refractivity contribution in [3.05, 3.63) is 46.8 Å². The average Bonchev–Trinajstić information content (AvgIpc) is 3.28. The average molecular weight is 382 g/mol. The van der Waals surface area contributed by atoms with Crippen molar-refractivity contribution < 1.29 is 14.2 Å². The summed E-state index contributed by atoms with van der Waals surface area (Å²) in [5.41, 5.74) is 1.15. The first-order chi connectivity index (χ1) is 13.2. The van der Waals surface area contributed by atoms with Gasteiger partial charge in [0.1, 0.15) is 5.75 Å². The van der Waals surface area contributed by atoms with Crippen molar-refractivity contribution in [2.24, 2.45) is 0 Å². The summed E-state index contributed by atoms with van der Waals surface area (Å²) in [6.07, 6.45) is 0. The number of rotatable bonds is 4. The van der Waals surface area contributed by atoms with Crippen molar-refractivity contribution in [2.45, 2.75) is 6.92 Å². The van der Waals surface area contributed by atoms with Crippen molar-refractivity contribution >= 4 is 38.0 Å². The number of anilines is 2. The first-order valence-electron chi connectivity index (χ1n) is 8.34. The first kappa shape index (κ1) is 15.9. The third-order valence-electron chi connectivity index (χ3n) is 4.11. The van der Waals surface area contributed by atoms with Crippen LogP contribution < -0.4 is 25.1 Å². The Morgan fingerprint density at radius 3 is 2.78 bits per heavy atom. The lowest BCUT2D eigenvalue weighted by atomic mass is 10.2. The van der Waals surface area contributed by atoms with E-state index in [1.807, 2.05) is 31.2 Å². The van der Waals surface area contributed by atoms with Crippen LogP contribution in [0, 0.1) is 0 Å². The monoisotopic (exact) mass is 382 g/mol. The minimum absolute atomic E-state index is 0.149. The van der Waals surface area contributed by atoms with Gasteiger partial charge in [-0.2, -0.15) is 4.52 Å². The topological polar surface area (TPSA) is 87.0 Å². The van der Waals surface area contributed by atoms with E-state index in [9.17, 15) is 4.79 Å². The van der Waals surface area contributed by atoms with Crippen LogP contribution in [0.2, 0.25) is 0 Å². The molecular weight excluding hydrogens is 368 g/mol. The highest BCUT2D eigenvalue weighted by molar-refractivity contribution is 7.20. The Balaban J connectivity index is 1.54. The van der Waals surface area contributed by atoms with Gasteiger partial charge in [-0.15, -0.1) is 5.10 Å². The molecule has 3 heterocycles. The van der Waals surface area contributed by atoms with Crippen LogP contribution in [-0.4, -0.2) is 28.0 Å². The maximum atomic E-state index is 12.8. The standard InChI is InChI=1S/C18H14N4O4S/c1-2-24-11-5-3-10(4-6-11)19-17-21-22-16(23)12-7-14-15(26-9-25-14)8-13(12)20-18(22)27-17/h3-8H,2,9H2,1H3,(H,19,21). The Morgan fingerprint density at radius 1 is 1.22 bits per heavy atom. The molecule has 1 N–H and O–H groups in total. The maximum absolute atomic E-state index is 12.8. The SMILES string of the molecule is CCOc1ccc(Nc2nn3c(=O)c4cc5c(cc4nc3s2)OCO5)cc1. The van der Waals surface area contributed by atoms with E-state index < -0.39 is 0 Å². The molecule has 9 heteroatoms. The second-order valence-electron chi connectivity index (χ2n) is 5.82. The highest BCUT2D eigenvalue weighted by Crippen LogP contribution is 2.35. The molecule has 0 aliphatic carbocycles. The van der Waals surface area contributed by atoms with Crippen molar-refractivity contribution in [2.75, 3.05) is 18.7 Å². The number of hydrogen-bond donors (Lipinski definition) is 1. The molecule has 8 nitrogen and oxygen atoms in total. The van der Waals surface area contributed by atoms with Gasteiger partial charge in [0.25, 0.3) is 5.56 Å². The van der Waals surface area contributed by atoms with E-state index in [-0.39, 0.29) is 12.4 Å². The predicted octanol–water partition coefficient (Wildman–Crippen LogP) is 3.18. The fraction of sp³-hybridized carbons (Fsp3) is 0.167. The molecule has 4 aromatic rings. The van der Waals surface area contributed by atoms with E-state index in [2.05, 4.69) is 15.4 Å². The molecule has 5 rings (SSSR count). The molecule has 1 aliphatic rings. The summed E-state index contributed by atoms with van der Waals surface area (Å²) in [5, 5.41) is 8.56. The molecule has 0 spiro atoms. The minimum Gasteiger partial charge on any atom is -0.494 e. The third kappa shape index (κ3) is 2.72. The Morgan fingerprint density at radius 2 is 2.00 bits per heavy atom. The maximum Gasteiger partial charge on any atom is 0.283 e. The molecule has 0 fully saturated rings. The zero-order valence-corrected chi connectivity index (χ0v) is 15.1. The normalized spacial score (nSPS) is 12.6. The number of ether oxygens (including phenoxy) is 3. The zero-order valence-electron chi connectivity index (χ0n) is 14.3. The van der Waals surface area contributed by atoms with Crippen LogP contribution in [0.15, 0.2) is 41.2 Å². The van der Waals surface area contributed by atoms with Crippen molar-refractivity contribution in [1.82, 2.24) is 14.6 Å². The van der Waals surface area contributed by atoms with Crippen molar-refractivity contribution in [3.63, 3.8) is 0 Å². The van der Waals surface area contributed by atoms with Gasteiger partial charge in [0, 0.05) is 11.8 Å². The Kier molecular flexibility index (Phi) is 3.61. The summed E-state index contributed by atoms with van der Waals surface area (Å²) in [7, 11) is 0. The highest BCUT2D eigenvalue weighted by atomic mass is 32.1. The van der Waals surface area contributed by atoms with Crippen molar-refractivity contribution in [1.29, 1.82) is 0 Å². The van der Waals surface area contributed by atoms with Crippen LogP contribution in [0.25, 0.3) is 15.9 Å². The summed E-state index contributed by atoms with van der Waals surface area (Å²) < 4.78 is 17.4. The summed E-state index contributed by atoms with van der Waals surface area (Å²) in [4.78, 5) is 17.8. The van der Waals surface area contributed by atoms with E-state index in [1.165, 1.54) is 15.9 Å². The molecule has 0 saturated heterocycles. The summed E-state index contributed by atoms with van der Waals surface area (Å²) in [5.74, 6) is 1.94. The minimum atomic E-state index is -0.246. The Labute approximate surface area is 156 Å². The number of fused-ring (bicyclic) bond motifs is 3. The summed E-state index contributed by atoms with van der Waals surface area (Å²) >= 11 is 1.30. The molecule has 1 aliphatic heterocycles. The molecule has 27 heavy (non-hydrogen) atoms. The molecule has 0 atom stereocenters. The van der Waals surface area contributed by atoms with E-state index in [1.54, 1.807) is 12.1 Å². The van der Waals surface area contributed by atoms with E-state index in [0.717, 1.165) is 11.4 Å². The number of benzene rings is 2. The van der Waals surface area contributed by atoms with Crippen LogP contribution in [0.3, 0.4) is 0 Å². The van der Waals surface area contributed by atoms with Crippen LogP contribution >= 0.6 is 11.3 Å². The van der Waals surface area contributed by atoms with Crippen LogP contribution in [0.4, 0.5) is 10.8 Å². The van der Waals surface area contributed by atoms with Gasteiger partial charge in [-0.1, -0.05) is 11.3 Å². The molecule has 0 saturated carbocycles. The molecule has 0 radical (unpaired) electrons.